The molecule has 90 valence electrons. The molecule has 0 aromatic heterocycles. The monoisotopic (exact) mass is 233 g/mol. The Bertz CT molecular complexity index is 423. The van der Waals surface area contributed by atoms with E-state index >= 15 is 0 Å². The molecule has 0 spiro atoms. The molecule has 1 atom stereocenters. The van der Waals surface area contributed by atoms with Gasteiger partial charge in [0.2, 0.25) is 0 Å². The van der Waals surface area contributed by atoms with Gasteiger partial charge in [0.25, 0.3) is 5.91 Å². The summed E-state index contributed by atoms with van der Waals surface area (Å²) in [6.07, 6.45) is 5.43. The molecule has 1 amide bonds. The van der Waals surface area contributed by atoms with E-state index in [2.05, 4.69) is 11.2 Å². The molecule has 0 heterocycles. The predicted molar refractivity (Wildman–Crippen MR) is 64.8 cm³/mol. The first kappa shape index (κ1) is 13.1. The van der Waals surface area contributed by atoms with Crippen LogP contribution in [0.25, 0.3) is 0 Å². The molecule has 17 heavy (non-hydrogen) atoms. The van der Waals surface area contributed by atoms with Crippen LogP contribution >= 0.6 is 0 Å². The smallest absolute Gasteiger partial charge is 0.251 e. The SMILES string of the molecule is C#CCC(CO)NC(=O)c1cccc(OC)c1. The van der Waals surface area contributed by atoms with Gasteiger partial charge < -0.3 is 15.2 Å². The van der Waals surface area contributed by atoms with Crippen LogP contribution in [0.1, 0.15) is 16.8 Å². The summed E-state index contributed by atoms with van der Waals surface area (Å²) in [5.74, 6) is 2.73. The van der Waals surface area contributed by atoms with Crippen molar-refractivity contribution in [1.29, 1.82) is 0 Å². The van der Waals surface area contributed by atoms with Crippen LogP contribution in [-0.4, -0.2) is 30.8 Å². The molecular formula is C13H15NO3. The van der Waals surface area contributed by atoms with Crippen LogP contribution in [0.2, 0.25) is 0 Å². The van der Waals surface area contributed by atoms with E-state index in [1.54, 1.807) is 24.3 Å². The molecule has 2 N–H and O–H groups in total. The lowest BCUT2D eigenvalue weighted by molar-refractivity contribution is 0.0917. The zero-order valence-corrected chi connectivity index (χ0v) is 9.64. The zero-order valence-electron chi connectivity index (χ0n) is 9.64. The van der Waals surface area contributed by atoms with Gasteiger partial charge in [0.15, 0.2) is 0 Å². The quantitative estimate of drug-likeness (QED) is 0.740. The summed E-state index contributed by atoms with van der Waals surface area (Å²) in [5.41, 5.74) is 0.472. The van der Waals surface area contributed by atoms with Gasteiger partial charge >= 0.3 is 0 Å². The van der Waals surface area contributed by atoms with Gasteiger partial charge in [-0.05, 0) is 18.2 Å². The van der Waals surface area contributed by atoms with E-state index in [4.69, 9.17) is 16.3 Å². The van der Waals surface area contributed by atoms with Crippen molar-refractivity contribution in [3.63, 3.8) is 0 Å². The maximum Gasteiger partial charge on any atom is 0.251 e. The minimum Gasteiger partial charge on any atom is -0.497 e. The van der Waals surface area contributed by atoms with Crippen molar-refractivity contribution in [2.45, 2.75) is 12.5 Å². The van der Waals surface area contributed by atoms with Crippen molar-refractivity contribution in [2.24, 2.45) is 0 Å². The average Bonchev–Trinajstić information content (AvgIpc) is 2.38. The van der Waals surface area contributed by atoms with Crippen LogP contribution in [-0.2, 0) is 0 Å². The number of rotatable bonds is 5. The van der Waals surface area contributed by atoms with E-state index in [9.17, 15) is 4.79 Å². The number of carbonyl (C=O) groups excluding carboxylic acids is 1. The number of aliphatic hydroxyl groups is 1. The summed E-state index contributed by atoms with van der Waals surface area (Å²) in [4.78, 5) is 11.8. The predicted octanol–water partition coefficient (Wildman–Crippen LogP) is 0.809. The van der Waals surface area contributed by atoms with Crippen molar-refractivity contribution in [3.8, 4) is 18.1 Å². The van der Waals surface area contributed by atoms with Gasteiger partial charge in [-0.3, -0.25) is 4.79 Å². The number of ether oxygens (including phenoxy) is 1. The van der Waals surface area contributed by atoms with E-state index in [1.807, 2.05) is 0 Å². The third-order valence-electron chi connectivity index (χ3n) is 2.25. The van der Waals surface area contributed by atoms with Gasteiger partial charge in [0, 0.05) is 12.0 Å². The number of terminal acetylenes is 1. The fourth-order valence-corrected chi connectivity index (χ4v) is 1.34. The molecule has 1 rings (SSSR count). The Balaban J connectivity index is 2.72. The van der Waals surface area contributed by atoms with Gasteiger partial charge in [-0.1, -0.05) is 6.07 Å². The molecule has 0 radical (unpaired) electrons. The Morgan fingerprint density at radius 1 is 1.65 bits per heavy atom. The molecule has 0 aliphatic heterocycles. The Kier molecular flexibility index (Phi) is 5.05. The second kappa shape index (κ2) is 6.56. The summed E-state index contributed by atoms with van der Waals surface area (Å²) in [5, 5.41) is 11.7. The minimum atomic E-state index is -0.418. The Hall–Kier alpha value is -1.99. The summed E-state index contributed by atoms with van der Waals surface area (Å²) >= 11 is 0. The van der Waals surface area contributed by atoms with Crippen LogP contribution < -0.4 is 10.1 Å². The Morgan fingerprint density at radius 3 is 3.00 bits per heavy atom. The number of aliphatic hydroxyl groups excluding tert-OH is 1. The van der Waals surface area contributed by atoms with Crippen LogP contribution in [0.5, 0.6) is 5.75 Å². The molecule has 0 aliphatic rings. The largest absolute Gasteiger partial charge is 0.497 e. The third kappa shape index (κ3) is 3.82. The van der Waals surface area contributed by atoms with Gasteiger partial charge in [-0.25, -0.2) is 0 Å². The van der Waals surface area contributed by atoms with Crippen LogP contribution in [0.4, 0.5) is 0 Å². The molecule has 1 aromatic carbocycles. The van der Waals surface area contributed by atoms with Crippen LogP contribution in [0.3, 0.4) is 0 Å². The maximum absolute atomic E-state index is 11.8. The Labute approximate surface area is 101 Å². The number of nitrogens with one attached hydrogen (secondary N) is 1. The molecule has 4 heteroatoms. The molecule has 1 aromatic rings. The van der Waals surface area contributed by atoms with E-state index in [0.717, 1.165) is 0 Å². The molecule has 0 saturated carbocycles. The van der Waals surface area contributed by atoms with Crippen LogP contribution in [0, 0.1) is 12.3 Å². The highest BCUT2D eigenvalue weighted by atomic mass is 16.5. The summed E-state index contributed by atoms with van der Waals surface area (Å²) in [6.45, 7) is -0.181. The minimum absolute atomic E-state index is 0.181. The first-order valence-corrected chi connectivity index (χ1v) is 5.20. The van der Waals surface area contributed by atoms with E-state index in [-0.39, 0.29) is 12.5 Å². The number of methoxy groups -OCH3 is 1. The normalized spacial score (nSPS) is 11.4. The summed E-state index contributed by atoms with van der Waals surface area (Å²) < 4.78 is 5.02. The standard InChI is InChI=1S/C13H15NO3/c1-3-5-11(9-15)14-13(16)10-6-4-7-12(8-10)17-2/h1,4,6-8,11,15H,5,9H2,2H3,(H,14,16). The third-order valence-corrected chi connectivity index (χ3v) is 2.25. The number of hydrogen-bond acceptors (Lipinski definition) is 3. The molecule has 4 nitrogen and oxygen atoms in total. The number of hydrogen-bond donors (Lipinski definition) is 2. The van der Waals surface area contributed by atoms with Crippen LogP contribution in [0.15, 0.2) is 24.3 Å². The summed E-state index contributed by atoms with van der Waals surface area (Å²) in [6, 6.07) is 6.35. The van der Waals surface area contributed by atoms with Crippen molar-refractivity contribution in [3.05, 3.63) is 29.8 Å². The van der Waals surface area contributed by atoms with E-state index in [1.165, 1.54) is 7.11 Å². The maximum atomic E-state index is 11.8. The van der Waals surface area contributed by atoms with Gasteiger partial charge in [-0.15, -0.1) is 12.3 Å². The lowest BCUT2D eigenvalue weighted by atomic mass is 10.1. The van der Waals surface area contributed by atoms with Gasteiger partial charge in [0.1, 0.15) is 5.75 Å². The van der Waals surface area contributed by atoms with E-state index in [0.29, 0.717) is 17.7 Å². The van der Waals surface area contributed by atoms with Crippen molar-refractivity contribution >= 4 is 5.91 Å². The topological polar surface area (TPSA) is 58.6 Å². The molecule has 0 saturated heterocycles. The average molecular weight is 233 g/mol. The second-order valence-corrected chi connectivity index (χ2v) is 3.49. The first-order valence-electron chi connectivity index (χ1n) is 5.20. The first-order chi connectivity index (χ1) is 8.21. The van der Waals surface area contributed by atoms with Crippen molar-refractivity contribution < 1.29 is 14.6 Å². The van der Waals surface area contributed by atoms with E-state index < -0.39 is 6.04 Å². The molecule has 0 aliphatic carbocycles. The molecular weight excluding hydrogens is 218 g/mol. The highest BCUT2D eigenvalue weighted by Gasteiger charge is 2.12. The Morgan fingerprint density at radius 2 is 2.41 bits per heavy atom. The zero-order chi connectivity index (χ0) is 12.7. The number of amides is 1. The second-order valence-electron chi connectivity index (χ2n) is 3.49. The highest BCUT2D eigenvalue weighted by molar-refractivity contribution is 5.94. The fraction of sp³-hybridized carbons (Fsp3) is 0.308. The lowest BCUT2D eigenvalue weighted by Crippen LogP contribution is -2.37. The van der Waals surface area contributed by atoms with Crippen molar-refractivity contribution in [1.82, 2.24) is 5.32 Å². The van der Waals surface area contributed by atoms with Gasteiger partial charge in [-0.2, -0.15) is 0 Å². The fourth-order valence-electron chi connectivity index (χ4n) is 1.34. The molecule has 0 bridgehead atoms. The lowest BCUT2D eigenvalue weighted by Gasteiger charge is -2.13. The highest BCUT2D eigenvalue weighted by Crippen LogP contribution is 2.12. The van der Waals surface area contributed by atoms with Crippen molar-refractivity contribution in [2.75, 3.05) is 13.7 Å². The number of benzene rings is 1. The summed E-state index contributed by atoms with van der Waals surface area (Å²) in [7, 11) is 1.53. The molecule has 1 unspecified atom stereocenters. The molecule has 0 fully saturated rings. The van der Waals surface area contributed by atoms with Gasteiger partial charge in [0.05, 0.1) is 19.8 Å². The number of carbonyl (C=O) groups is 1.